The second kappa shape index (κ2) is 12.7. The second-order valence-electron chi connectivity index (χ2n) is 12.5. The van der Waals surface area contributed by atoms with Crippen LogP contribution >= 0.6 is 11.6 Å². The van der Waals surface area contributed by atoms with E-state index in [2.05, 4.69) is 40.9 Å². The van der Waals surface area contributed by atoms with Gasteiger partial charge in [0.15, 0.2) is 0 Å². The number of carbonyl (C=O) groups is 2. The maximum atomic E-state index is 14.2. The van der Waals surface area contributed by atoms with Gasteiger partial charge in [-0.1, -0.05) is 44.5 Å². The molecule has 2 bridgehead atoms. The molecule has 0 saturated carbocycles. The number of nitro groups is 1. The first kappa shape index (κ1) is 30.9. The maximum absolute atomic E-state index is 14.2. The van der Waals surface area contributed by atoms with Crippen molar-refractivity contribution in [2.75, 3.05) is 24.5 Å². The number of rotatable bonds is 9. The number of halogens is 1. The van der Waals surface area contributed by atoms with Crippen LogP contribution in [-0.4, -0.2) is 69.4 Å². The summed E-state index contributed by atoms with van der Waals surface area (Å²) >= 11 is 6.16. The summed E-state index contributed by atoms with van der Waals surface area (Å²) in [4.78, 5) is 51.2. The predicted molar refractivity (Wildman–Crippen MR) is 170 cm³/mol. The monoisotopic (exact) mass is 632 g/mol. The van der Waals surface area contributed by atoms with E-state index in [4.69, 9.17) is 21.3 Å². The van der Waals surface area contributed by atoms with Crippen molar-refractivity contribution < 1.29 is 19.2 Å². The van der Waals surface area contributed by atoms with E-state index in [0.29, 0.717) is 36.8 Å². The normalized spacial score (nSPS) is 22.8. The van der Waals surface area contributed by atoms with Crippen molar-refractivity contribution >= 4 is 35.0 Å². The molecule has 3 aromatic rings. The number of nitro benzene ring substituents is 1. The van der Waals surface area contributed by atoms with Crippen molar-refractivity contribution in [2.24, 2.45) is 0 Å². The van der Waals surface area contributed by atoms with Crippen LogP contribution < -0.4 is 10.2 Å². The van der Waals surface area contributed by atoms with Gasteiger partial charge < -0.3 is 19.9 Å². The molecule has 0 radical (unpaired) electrons. The molecule has 1 N–H and O–H groups in total. The second-order valence-corrected chi connectivity index (χ2v) is 13.0. The van der Waals surface area contributed by atoms with Crippen LogP contribution in [-0.2, 0) is 9.53 Å². The Bertz CT molecular complexity index is 1570. The highest BCUT2D eigenvalue weighted by molar-refractivity contribution is 6.30. The SMILES string of the molecule is CC(C)NC[C@@H](C(=O)N1C2CCC1CN(c1ncnc3c1[C@H](C)CC3OC(=O)c1ccc([N+](=O)[O-])cc1)C2)c1ccc(Cl)cc1. The highest BCUT2D eigenvalue weighted by Gasteiger charge is 2.46. The number of anilines is 1. The molecule has 2 aliphatic heterocycles. The van der Waals surface area contributed by atoms with Gasteiger partial charge in [0.2, 0.25) is 5.91 Å². The average Bonchev–Trinajstić information content (AvgIpc) is 3.48. The van der Waals surface area contributed by atoms with Gasteiger partial charge >= 0.3 is 5.97 Å². The molecular weight excluding hydrogens is 596 g/mol. The van der Waals surface area contributed by atoms with Crippen LogP contribution in [0.3, 0.4) is 0 Å². The molecule has 1 aliphatic carbocycles. The van der Waals surface area contributed by atoms with E-state index in [-0.39, 0.29) is 47.1 Å². The van der Waals surface area contributed by atoms with E-state index in [0.717, 1.165) is 29.8 Å². The number of non-ortho nitro benzene ring substituents is 1. The fourth-order valence-corrected chi connectivity index (χ4v) is 7.09. The van der Waals surface area contributed by atoms with E-state index >= 15 is 0 Å². The molecular formula is C33H37ClN6O5. The highest BCUT2D eigenvalue weighted by atomic mass is 35.5. The van der Waals surface area contributed by atoms with Gasteiger partial charge in [0, 0.05) is 60.5 Å². The smallest absolute Gasteiger partial charge is 0.338 e. The van der Waals surface area contributed by atoms with Gasteiger partial charge in [-0.05, 0) is 55.0 Å². The Morgan fingerprint density at radius 1 is 1.07 bits per heavy atom. The lowest BCUT2D eigenvalue weighted by Gasteiger charge is -2.43. The van der Waals surface area contributed by atoms with Crippen LogP contribution in [0.4, 0.5) is 11.5 Å². The summed E-state index contributed by atoms with van der Waals surface area (Å²) in [5.41, 5.74) is 2.77. The third-order valence-corrected chi connectivity index (χ3v) is 9.41. The molecule has 2 aromatic carbocycles. The Balaban J connectivity index is 1.19. The summed E-state index contributed by atoms with van der Waals surface area (Å²) in [5, 5.41) is 15.1. The zero-order chi connectivity index (χ0) is 31.8. The average molecular weight is 633 g/mol. The molecule has 2 fully saturated rings. The molecule has 1 aromatic heterocycles. The maximum Gasteiger partial charge on any atom is 0.338 e. The van der Waals surface area contributed by atoms with E-state index in [1.807, 2.05) is 24.3 Å². The molecule has 6 rings (SSSR count). The molecule has 12 heteroatoms. The van der Waals surface area contributed by atoms with Crippen molar-refractivity contribution in [3.63, 3.8) is 0 Å². The number of ether oxygens (including phenoxy) is 1. The number of hydrogen-bond donors (Lipinski definition) is 1. The molecule has 3 aliphatic rings. The minimum absolute atomic E-state index is 0.0552. The zero-order valence-corrected chi connectivity index (χ0v) is 26.3. The summed E-state index contributed by atoms with van der Waals surface area (Å²) in [6.45, 7) is 8.11. The molecule has 2 saturated heterocycles. The largest absolute Gasteiger partial charge is 0.452 e. The number of aromatic nitrogens is 2. The first-order valence-electron chi connectivity index (χ1n) is 15.5. The Morgan fingerprint density at radius 3 is 2.36 bits per heavy atom. The minimum atomic E-state index is -0.553. The Kier molecular flexibility index (Phi) is 8.74. The lowest BCUT2D eigenvalue weighted by Crippen LogP contribution is -2.58. The number of nitrogens with zero attached hydrogens (tertiary/aromatic N) is 5. The van der Waals surface area contributed by atoms with Crippen LogP contribution in [0.2, 0.25) is 5.02 Å². The van der Waals surface area contributed by atoms with Gasteiger partial charge in [-0.2, -0.15) is 0 Å². The van der Waals surface area contributed by atoms with Crippen LogP contribution in [0.5, 0.6) is 0 Å². The highest BCUT2D eigenvalue weighted by Crippen LogP contribution is 2.46. The molecule has 11 nitrogen and oxygen atoms in total. The number of piperazine rings is 1. The lowest BCUT2D eigenvalue weighted by atomic mass is 9.95. The summed E-state index contributed by atoms with van der Waals surface area (Å²) in [6, 6.07) is 13.3. The number of carbonyl (C=O) groups excluding carboxylic acids is 2. The number of hydrogen-bond acceptors (Lipinski definition) is 9. The van der Waals surface area contributed by atoms with Crippen LogP contribution in [0.25, 0.3) is 0 Å². The van der Waals surface area contributed by atoms with E-state index < -0.39 is 17.0 Å². The predicted octanol–water partition coefficient (Wildman–Crippen LogP) is 5.40. The first-order valence-corrected chi connectivity index (χ1v) is 15.8. The topological polar surface area (TPSA) is 131 Å². The number of amides is 1. The third-order valence-electron chi connectivity index (χ3n) is 9.16. The van der Waals surface area contributed by atoms with Crippen LogP contribution in [0, 0.1) is 10.1 Å². The zero-order valence-electron chi connectivity index (χ0n) is 25.6. The van der Waals surface area contributed by atoms with Crippen molar-refractivity contribution in [1.29, 1.82) is 0 Å². The molecule has 0 spiro atoms. The summed E-state index contributed by atoms with van der Waals surface area (Å²) in [6.07, 6.45) is 3.39. The van der Waals surface area contributed by atoms with Gasteiger partial charge in [0.25, 0.3) is 5.69 Å². The third kappa shape index (κ3) is 6.24. The molecule has 3 unspecified atom stereocenters. The molecule has 3 heterocycles. The Morgan fingerprint density at radius 2 is 1.73 bits per heavy atom. The molecule has 236 valence electrons. The van der Waals surface area contributed by atoms with Crippen molar-refractivity contribution in [3.05, 3.63) is 92.4 Å². The van der Waals surface area contributed by atoms with Crippen LogP contribution in [0.15, 0.2) is 54.9 Å². The fourth-order valence-electron chi connectivity index (χ4n) is 6.96. The quantitative estimate of drug-likeness (QED) is 0.187. The molecule has 5 atom stereocenters. The van der Waals surface area contributed by atoms with Gasteiger partial charge in [-0.3, -0.25) is 14.9 Å². The number of nitrogens with one attached hydrogen (secondary N) is 1. The van der Waals surface area contributed by atoms with Gasteiger partial charge in [-0.15, -0.1) is 0 Å². The van der Waals surface area contributed by atoms with E-state index in [1.165, 1.54) is 30.6 Å². The summed E-state index contributed by atoms with van der Waals surface area (Å²) in [5.74, 6) is 0.161. The van der Waals surface area contributed by atoms with Gasteiger partial charge in [-0.25, -0.2) is 14.8 Å². The van der Waals surface area contributed by atoms with Crippen molar-refractivity contribution in [3.8, 4) is 0 Å². The number of benzene rings is 2. The van der Waals surface area contributed by atoms with Gasteiger partial charge in [0.05, 0.1) is 22.1 Å². The van der Waals surface area contributed by atoms with Gasteiger partial charge in [0.1, 0.15) is 18.2 Å². The van der Waals surface area contributed by atoms with E-state index in [1.54, 1.807) is 0 Å². The fraction of sp³-hybridized carbons (Fsp3) is 0.455. The lowest BCUT2D eigenvalue weighted by molar-refractivity contribution is -0.384. The Hall–Kier alpha value is -4.09. The van der Waals surface area contributed by atoms with E-state index in [9.17, 15) is 19.7 Å². The number of fused-ring (bicyclic) bond motifs is 3. The Labute approximate surface area is 267 Å². The molecule has 45 heavy (non-hydrogen) atoms. The number of esters is 1. The summed E-state index contributed by atoms with van der Waals surface area (Å²) in [7, 11) is 0. The standard InChI is InChI=1S/C33H37ClN6O5/c1-19(2)35-15-27(21-4-8-23(34)9-5-21)32(41)39-25-12-13-26(39)17-38(16-25)31-29-20(3)14-28(30(29)36-18-37-31)45-33(42)22-6-10-24(11-7-22)40(43)44/h4-11,18-20,25-28,35H,12-17H2,1-3H3/t20-,25?,26?,27-,28?/m1/s1. The minimum Gasteiger partial charge on any atom is -0.452 e. The summed E-state index contributed by atoms with van der Waals surface area (Å²) < 4.78 is 5.87. The van der Waals surface area contributed by atoms with Crippen LogP contribution in [0.1, 0.15) is 85.2 Å². The van der Waals surface area contributed by atoms with Crippen molar-refractivity contribution in [1.82, 2.24) is 20.2 Å². The first-order chi connectivity index (χ1) is 21.6. The van der Waals surface area contributed by atoms with Crippen molar-refractivity contribution in [2.45, 2.75) is 76.1 Å². The molecule has 1 amide bonds.